The largest absolute Gasteiger partial charge is 0.480 e. The van der Waals surface area contributed by atoms with E-state index in [2.05, 4.69) is 10.3 Å². The van der Waals surface area contributed by atoms with Crippen molar-refractivity contribution in [1.82, 2.24) is 20.0 Å². The second-order valence-corrected chi connectivity index (χ2v) is 8.61. The lowest BCUT2D eigenvalue weighted by molar-refractivity contribution is -0.167. The SMILES string of the molecule is CC(C)C(C)NC(=O)C(=O)N1CCN(C(=O)N2C(=O)C(CCCN=C(N)N)C2C(=O)O)CC1. The van der Waals surface area contributed by atoms with Crippen molar-refractivity contribution < 1.29 is 29.1 Å². The zero-order valence-corrected chi connectivity index (χ0v) is 19.2. The first-order valence-electron chi connectivity index (χ1n) is 11.0. The Morgan fingerprint density at radius 3 is 2.18 bits per heavy atom. The number of imide groups is 1. The van der Waals surface area contributed by atoms with Gasteiger partial charge in [-0.3, -0.25) is 19.4 Å². The van der Waals surface area contributed by atoms with E-state index in [1.54, 1.807) is 0 Å². The minimum absolute atomic E-state index is 0.0862. The third-order valence-electron chi connectivity index (χ3n) is 6.03. The number of β-lactam (4-membered cyclic amide) rings is 1. The maximum atomic E-state index is 12.8. The van der Waals surface area contributed by atoms with Gasteiger partial charge in [-0.1, -0.05) is 13.8 Å². The fourth-order valence-corrected chi connectivity index (χ4v) is 3.68. The molecular formula is C20H33N7O6. The summed E-state index contributed by atoms with van der Waals surface area (Å²) in [5.41, 5.74) is 10.5. The number of aliphatic carboxylic acids is 1. The van der Waals surface area contributed by atoms with Gasteiger partial charge in [-0.2, -0.15) is 0 Å². The third-order valence-corrected chi connectivity index (χ3v) is 6.03. The van der Waals surface area contributed by atoms with Gasteiger partial charge in [0, 0.05) is 38.8 Å². The number of likely N-dealkylation sites (tertiary alicyclic amines) is 1. The number of hydrogen-bond acceptors (Lipinski definition) is 6. The number of guanidine groups is 1. The molecule has 3 unspecified atom stereocenters. The molecule has 0 aromatic heterocycles. The number of nitrogens with one attached hydrogen (secondary N) is 1. The number of urea groups is 1. The van der Waals surface area contributed by atoms with Gasteiger partial charge in [0.15, 0.2) is 12.0 Å². The van der Waals surface area contributed by atoms with Gasteiger partial charge in [-0.25, -0.2) is 14.5 Å². The fourth-order valence-electron chi connectivity index (χ4n) is 3.68. The van der Waals surface area contributed by atoms with Gasteiger partial charge in [-0.05, 0) is 25.7 Å². The number of nitrogens with zero attached hydrogens (tertiary/aromatic N) is 4. The molecule has 0 spiro atoms. The van der Waals surface area contributed by atoms with Crippen LogP contribution in [0.1, 0.15) is 33.6 Å². The molecule has 6 N–H and O–H groups in total. The molecule has 5 amide bonds. The first-order chi connectivity index (χ1) is 15.5. The number of amides is 5. The Morgan fingerprint density at radius 1 is 1.09 bits per heavy atom. The average Bonchev–Trinajstić information content (AvgIpc) is 2.75. The zero-order chi connectivity index (χ0) is 24.9. The maximum absolute atomic E-state index is 12.8. The number of nitrogens with two attached hydrogens (primary N) is 2. The highest BCUT2D eigenvalue weighted by Gasteiger charge is 2.55. The van der Waals surface area contributed by atoms with Crippen LogP contribution in [0.4, 0.5) is 4.79 Å². The molecule has 184 valence electrons. The smallest absolute Gasteiger partial charge is 0.327 e. The van der Waals surface area contributed by atoms with Crippen molar-refractivity contribution in [1.29, 1.82) is 0 Å². The van der Waals surface area contributed by atoms with E-state index >= 15 is 0 Å². The number of rotatable bonds is 7. The quantitative estimate of drug-likeness (QED) is 0.113. The van der Waals surface area contributed by atoms with Gasteiger partial charge in [0.2, 0.25) is 5.91 Å². The van der Waals surface area contributed by atoms with Crippen molar-refractivity contribution in [2.45, 2.75) is 45.7 Å². The fraction of sp³-hybridized carbons (Fsp3) is 0.700. The molecule has 2 saturated heterocycles. The predicted molar refractivity (Wildman–Crippen MR) is 118 cm³/mol. The van der Waals surface area contributed by atoms with Crippen LogP contribution in [0.2, 0.25) is 0 Å². The van der Waals surface area contributed by atoms with Crippen molar-refractivity contribution in [3.05, 3.63) is 0 Å². The van der Waals surface area contributed by atoms with E-state index in [0.29, 0.717) is 6.42 Å². The summed E-state index contributed by atoms with van der Waals surface area (Å²) in [6.45, 7) is 6.30. The summed E-state index contributed by atoms with van der Waals surface area (Å²) in [4.78, 5) is 68.8. The molecular weight excluding hydrogens is 434 g/mol. The molecule has 33 heavy (non-hydrogen) atoms. The number of aliphatic imine (C=N–C) groups is 1. The van der Waals surface area contributed by atoms with Crippen LogP contribution in [0, 0.1) is 11.8 Å². The van der Waals surface area contributed by atoms with Crippen LogP contribution in [-0.4, -0.2) is 100 Å². The number of piperazine rings is 1. The first kappa shape index (κ1) is 25.9. The summed E-state index contributed by atoms with van der Waals surface area (Å²) in [5.74, 6) is -3.96. The Labute approximate surface area is 192 Å². The molecule has 13 nitrogen and oxygen atoms in total. The van der Waals surface area contributed by atoms with E-state index < -0.39 is 41.7 Å². The van der Waals surface area contributed by atoms with Crippen LogP contribution >= 0.6 is 0 Å². The van der Waals surface area contributed by atoms with Crippen LogP contribution in [0.25, 0.3) is 0 Å². The highest BCUT2D eigenvalue weighted by atomic mass is 16.4. The van der Waals surface area contributed by atoms with Crippen molar-refractivity contribution in [2.75, 3.05) is 32.7 Å². The summed E-state index contributed by atoms with van der Waals surface area (Å²) in [6, 6.07) is -2.13. The Kier molecular flexibility index (Phi) is 8.60. The lowest BCUT2D eigenvalue weighted by Gasteiger charge is -2.46. The van der Waals surface area contributed by atoms with Gasteiger partial charge in [-0.15, -0.1) is 0 Å². The van der Waals surface area contributed by atoms with Crippen LogP contribution in [-0.2, 0) is 19.2 Å². The molecule has 13 heteroatoms. The molecule has 0 aliphatic carbocycles. The van der Waals surface area contributed by atoms with E-state index in [9.17, 15) is 29.1 Å². The van der Waals surface area contributed by atoms with E-state index in [-0.39, 0.29) is 57.1 Å². The number of hydrogen-bond donors (Lipinski definition) is 4. The summed E-state index contributed by atoms with van der Waals surface area (Å²) in [7, 11) is 0. The Bertz CT molecular complexity index is 818. The van der Waals surface area contributed by atoms with Crippen molar-refractivity contribution in [3.8, 4) is 0 Å². The van der Waals surface area contributed by atoms with E-state index in [0.717, 1.165) is 4.90 Å². The van der Waals surface area contributed by atoms with Gasteiger partial charge < -0.3 is 31.7 Å². The molecule has 3 atom stereocenters. The second-order valence-electron chi connectivity index (χ2n) is 8.61. The summed E-state index contributed by atoms with van der Waals surface area (Å²) >= 11 is 0. The van der Waals surface area contributed by atoms with Crippen LogP contribution < -0.4 is 16.8 Å². The lowest BCUT2D eigenvalue weighted by Crippen LogP contribution is -2.69. The monoisotopic (exact) mass is 467 g/mol. The summed E-state index contributed by atoms with van der Waals surface area (Å²) < 4.78 is 0. The van der Waals surface area contributed by atoms with E-state index in [1.807, 2.05) is 20.8 Å². The maximum Gasteiger partial charge on any atom is 0.327 e. The molecule has 0 aromatic carbocycles. The normalized spacial score (nSPS) is 21.3. The number of carbonyl (C=O) groups excluding carboxylic acids is 4. The van der Waals surface area contributed by atoms with E-state index in [4.69, 9.17) is 11.5 Å². The molecule has 2 fully saturated rings. The molecule has 2 aliphatic heterocycles. The van der Waals surface area contributed by atoms with Crippen molar-refractivity contribution in [2.24, 2.45) is 28.3 Å². The molecule has 2 rings (SSSR count). The topological polar surface area (TPSA) is 192 Å². The Morgan fingerprint density at radius 2 is 1.67 bits per heavy atom. The first-order valence-corrected chi connectivity index (χ1v) is 11.0. The van der Waals surface area contributed by atoms with Gasteiger partial charge in [0.1, 0.15) is 0 Å². The van der Waals surface area contributed by atoms with Crippen molar-refractivity contribution >= 4 is 35.7 Å². The van der Waals surface area contributed by atoms with Gasteiger partial charge in [0.25, 0.3) is 0 Å². The van der Waals surface area contributed by atoms with Crippen molar-refractivity contribution in [3.63, 3.8) is 0 Å². The highest BCUT2D eigenvalue weighted by molar-refractivity contribution is 6.35. The summed E-state index contributed by atoms with van der Waals surface area (Å²) in [5, 5.41) is 12.2. The zero-order valence-electron chi connectivity index (χ0n) is 19.2. The predicted octanol–water partition coefficient (Wildman–Crippen LogP) is -1.62. The minimum atomic E-state index is -1.26. The molecule has 0 aromatic rings. The highest BCUT2D eigenvalue weighted by Crippen LogP contribution is 2.32. The summed E-state index contributed by atoms with van der Waals surface area (Å²) in [6.07, 6.45) is 0.640. The number of carboxylic acid groups (broad SMARTS) is 1. The minimum Gasteiger partial charge on any atom is -0.480 e. The van der Waals surface area contributed by atoms with Crippen LogP contribution in [0.3, 0.4) is 0 Å². The van der Waals surface area contributed by atoms with Gasteiger partial charge in [0.05, 0.1) is 5.92 Å². The van der Waals surface area contributed by atoms with Crippen LogP contribution in [0.15, 0.2) is 4.99 Å². The van der Waals surface area contributed by atoms with E-state index in [1.165, 1.54) is 9.80 Å². The molecule has 0 saturated carbocycles. The Balaban J connectivity index is 1.91. The second kappa shape index (κ2) is 11.0. The molecule has 0 bridgehead atoms. The molecule has 2 aliphatic rings. The standard InChI is InChI=1S/C20H33N7O6/c1-11(2)12(3)24-15(28)17(30)25-7-9-26(10-8-25)20(33)27-14(18(31)32)13(16(27)29)5-4-6-23-19(21)22/h11-14H,4-10H2,1-3H3,(H,24,28)(H,31,32)(H4,21,22,23). The number of carboxylic acids is 1. The van der Waals surface area contributed by atoms with Crippen LogP contribution in [0.5, 0.6) is 0 Å². The average molecular weight is 468 g/mol. The molecule has 2 heterocycles. The third kappa shape index (κ3) is 6.11. The molecule has 0 radical (unpaired) electrons. The Hall–Kier alpha value is -3.38. The lowest BCUT2D eigenvalue weighted by atomic mass is 9.84. The van der Waals surface area contributed by atoms with Gasteiger partial charge >= 0.3 is 23.8 Å². The number of carbonyl (C=O) groups is 5.